The molecule has 3 nitrogen and oxygen atoms in total. The number of anilines is 1. The number of aromatic nitrogens is 1. The highest BCUT2D eigenvalue weighted by atomic mass is 15.1. The molecule has 0 radical (unpaired) electrons. The first-order valence-corrected chi connectivity index (χ1v) is 9.28. The fourth-order valence-electron chi connectivity index (χ4n) is 3.30. The third kappa shape index (κ3) is 4.56. The predicted molar refractivity (Wildman–Crippen MR) is 115 cm³/mol. The van der Waals surface area contributed by atoms with Crippen molar-refractivity contribution in [1.82, 2.24) is 10.3 Å². The molecule has 1 heterocycles. The van der Waals surface area contributed by atoms with Gasteiger partial charge in [-0.2, -0.15) is 0 Å². The Morgan fingerprint density at radius 3 is 2.74 bits per heavy atom. The second kappa shape index (κ2) is 8.54. The molecule has 0 bridgehead atoms. The van der Waals surface area contributed by atoms with E-state index in [4.69, 9.17) is 0 Å². The number of hydrogen-bond acceptors (Lipinski definition) is 3. The Balaban J connectivity index is 1.82. The van der Waals surface area contributed by atoms with E-state index in [-0.39, 0.29) is 0 Å². The van der Waals surface area contributed by atoms with Gasteiger partial charge in [-0.1, -0.05) is 30.9 Å². The minimum atomic E-state index is 0.941. The van der Waals surface area contributed by atoms with Crippen LogP contribution in [0.3, 0.4) is 0 Å². The summed E-state index contributed by atoms with van der Waals surface area (Å²) in [5.74, 6) is 0. The Hall–Kier alpha value is -3.07. The smallest absolute Gasteiger partial charge is 0.0629 e. The summed E-state index contributed by atoms with van der Waals surface area (Å²) in [6.07, 6.45) is 10.1. The molecule has 0 saturated heterocycles. The zero-order valence-corrected chi connectivity index (χ0v) is 16.4. The molecule has 0 unspecified atom stereocenters. The van der Waals surface area contributed by atoms with Gasteiger partial charge in [-0.05, 0) is 72.9 Å². The molecule has 1 N–H and O–H groups in total. The van der Waals surface area contributed by atoms with E-state index in [1.54, 1.807) is 6.20 Å². The van der Waals surface area contributed by atoms with Gasteiger partial charge in [-0.15, -0.1) is 0 Å². The number of likely N-dealkylation sites (N-methyl/N-ethyl adjacent to an activating group) is 1. The van der Waals surface area contributed by atoms with Gasteiger partial charge >= 0.3 is 0 Å². The average Bonchev–Trinajstić information content (AvgIpc) is 2.71. The monoisotopic (exact) mass is 357 g/mol. The molecule has 0 saturated carbocycles. The molecule has 27 heavy (non-hydrogen) atoms. The highest BCUT2D eigenvalue weighted by Gasteiger charge is 2.17. The lowest BCUT2D eigenvalue weighted by Crippen LogP contribution is -2.22. The van der Waals surface area contributed by atoms with Crippen LogP contribution >= 0.6 is 0 Å². The predicted octanol–water partition coefficient (Wildman–Crippen LogP) is 5.25. The van der Waals surface area contributed by atoms with Crippen molar-refractivity contribution in [2.24, 2.45) is 0 Å². The lowest BCUT2D eigenvalue weighted by molar-refractivity contribution is 0.825. The number of aryl methyl sites for hydroxylation is 1. The third-order valence-electron chi connectivity index (χ3n) is 4.89. The van der Waals surface area contributed by atoms with Gasteiger partial charge in [0.25, 0.3) is 0 Å². The SMILES string of the molecule is C=C(/C=C/c1ccccn1)C1=C(NC)C=C(N(C)c2cccc(C)c2)CC1. The highest BCUT2D eigenvalue weighted by Crippen LogP contribution is 2.31. The maximum absolute atomic E-state index is 4.33. The van der Waals surface area contributed by atoms with Crippen LogP contribution in [0.2, 0.25) is 0 Å². The summed E-state index contributed by atoms with van der Waals surface area (Å²) < 4.78 is 0. The first-order chi connectivity index (χ1) is 13.1. The fraction of sp³-hybridized carbons (Fsp3) is 0.208. The van der Waals surface area contributed by atoms with E-state index >= 15 is 0 Å². The van der Waals surface area contributed by atoms with Crippen LogP contribution in [0, 0.1) is 6.92 Å². The fourth-order valence-corrected chi connectivity index (χ4v) is 3.30. The summed E-state index contributed by atoms with van der Waals surface area (Å²) in [5, 5.41) is 3.35. The van der Waals surface area contributed by atoms with Crippen LogP contribution in [-0.4, -0.2) is 19.1 Å². The van der Waals surface area contributed by atoms with Gasteiger partial charge in [0.2, 0.25) is 0 Å². The standard InChI is InChI=1S/C24H27N3/c1-18-8-7-10-21(16-18)27(4)22-13-14-23(24(17-22)25-3)19(2)11-12-20-9-5-6-15-26-20/h5-12,15-17,25H,2,13-14H2,1,3-4H3/b12-11+. The van der Waals surface area contributed by atoms with Crippen molar-refractivity contribution in [3.63, 3.8) is 0 Å². The summed E-state index contributed by atoms with van der Waals surface area (Å²) >= 11 is 0. The summed E-state index contributed by atoms with van der Waals surface area (Å²) in [7, 11) is 4.10. The second-order valence-corrected chi connectivity index (χ2v) is 6.79. The first kappa shape index (κ1) is 18.7. The van der Waals surface area contributed by atoms with E-state index in [9.17, 15) is 0 Å². The van der Waals surface area contributed by atoms with Gasteiger partial charge in [0.05, 0.1) is 5.69 Å². The maximum Gasteiger partial charge on any atom is 0.0629 e. The number of hydrogen-bond donors (Lipinski definition) is 1. The van der Waals surface area contributed by atoms with Crippen molar-refractivity contribution in [3.05, 3.63) is 101 Å². The molecule has 0 fully saturated rings. The van der Waals surface area contributed by atoms with Crippen molar-refractivity contribution >= 4 is 11.8 Å². The second-order valence-electron chi connectivity index (χ2n) is 6.79. The van der Waals surface area contributed by atoms with Gasteiger partial charge in [0, 0.05) is 37.4 Å². The molecule has 1 aromatic carbocycles. The topological polar surface area (TPSA) is 28.2 Å². The van der Waals surface area contributed by atoms with Crippen LogP contribution in [0.15, 0.2) is 89.9 Å². The Labute approximate surface area is 162 Å². The highest BCUT2D eigenvalue weighted by molar-refractivity contribution is 5.59. The van der Waals surface area contributed by atoms with Gasteiger partial charge in [0.15, 0.2) is 0 Å². The molecule has 3 rings (SSSR count). The van der Waals surface area contributed by atoms with Gasteiger partial charge in [0.1, 0.15) is 0 Å². The number of benzene rings is 1. The summed E-state index contributed by atoms with van der Waals surface area (Å²) in [5.41, 5.74) is 8.14. The van der Waals surface area contributed by atoms with Crippen molar-refractivity contribution < 1.29 is 0 Å². The number of pyridine rings is 1. The molecular formula is C24H27N3. The molecule has 3 heteroatoms. The number of nitrogens with zero attached hydrogens (tertiary/aromatic N) is 2. The molecule has 0 spiro atoms. The lowest BCUT2D eigenvalue weighted by atomic mass is 9.93. The Morgan fingerprint density at radius 1 is 1.19 bits per heavy atom. The zero-order valence-electron chi connectivity index (χ0n) is 16.4. The van der Waals surface area contributed by atoms with E-state index in [1.807, 2.05) is 31.3 Å². The summed E-state index contributed by atoms with van der Waals surface area (Å²) in [6.45, 7) is 6.40. The quantitative estimate of drug-likeness (QED) is 0.716. The van der Waals surface area contributed by atoms with Gasteiger partial charge in [-0.3, -0.25) is 4.98 Å². The van der Waals surface area contributed by atoms with Crippen molar-refractivity contribution in [3.8, 4) is 0 Å². The van der Waals surface area contributed by atoms with Crippen LogP contribution < -0.4 is 10.2 Å². The molecule has 1 aromatic heterocycles. The van der Waals surface area contributed by atoms with Crippen LogP contribution in [0.4, 0.5) is 5.69 Å². The number of rotatable bonds is 6. The minimum Gasteiger partial charge on any atom is -0.388 e. The van der Waals surface area contributed by atoms with E-state index < -0.39 is 0 Å². The van der Waals surface area contributed by atoms with Crippen LogP contribution in [-0.2, 0) is 0 Å². The number of nitrogens with one attached hydrogen (secondary N) is 1. The summed E-state index contributed by atoms with van der Waals surface area (Å²) in [4.78, 5) is 6.60. The lowest BCUT2D eigenvalue weighted by Gasteiger charge is -2.28. The maximum atomic E-state index is 4.33. The molecule has 138 valence electrons. The zero-order chi connectivity index (χ0) is 19.2. The summed E-state index contributed by atoms with van der Waals surface area (Å²) in [6, 6.07) is 14.5. The Kier molecular flexibility index (Phi) is 5.92. The number of allylic oxidation sites excluding steroid dienone is 5. The van der Waals surface area contributed by atoms with Gasteiger partial charge < -0.3 is 10.2 Å². The first-order valence-electron chi connectivity index (χ1n) is 9.28. The molecule has 1 aliphatic rings. The van der Waals surface area contributed by atoms with Crippen molar-refractivity contribution in [2.75, 3.05) is 19.0 Å². The Bertz CT molecular complexity index is 904. The molecule has 2 aromatic rings. The van der Waals surface area contributed by atoms with Crippen LogP contribution in [0.5, 0.6) is 0 Å². The minimum absolute atomic E-state index is 0.941. The van der Waals surface area contributed by atoms with Gasteiger partial charge in [-0.25, -0.2) is 0 Å². The molecular weight excluding hydrogens is 330 g/mol. The molecule has 0 amide bonds. The third-order valence-corrected chi connectivity index (χ3v) is 4.89. The van der Waals surface area contributed by atoms with Crippen molar-refractivity contribution in [2.45, 2.75) is 19.8 Å². The molecule has 1 aliphatic carbocycles. The van der Waals surface area contributed by atoms with Crippen molar-refractivity contribution in [1.29, 1.82) is 0 Å². The van der Waals surface area contributed by atoms with E-state index in [0.29, 0.717) is 0 Å². The van der Waals surface area contributed by atoms with E-state index in [1.165, 1.54) is 22.5 Å². The molecule has 0 aliphatic heterocycles. The molecule has 0 atom stereocenters. The normalized spacial score (nSPS) is 14.3. The van der Waals surface area contributed by atoms with Crippen LogP contribution in [0.1, 0.15) is 24.1 Å². The van der Waals surface area contributed by atoms with Crippen LogP contribution in [0.25, 0.3) is 6.08 Å². The Morgan fingerprint density at radius 2 is 2.04 bits per heavy atom. The average molecular weight is 358 g/mol. The largest absolute Gasteiger partial charge is 0.388 e. The van der Waals surface area contributed by atoms with E-state index in [2.05, 4.69) is 72.2 Å². The van der Waals surface area contributed by atoms with E-state index in [0.717, 1.165) is 29.8 Å².